The smallest absolute Gasteiger partial charge is 0.390 e. The Morgan fingerprint density at radius 3 is 2.57 bits per heavy atom. The number of H-pyrrole nitrogens is 1. The molecule has 3 aliphatic heterocycles. The second-order valence-corrected chi connectivity index (χ2v) is 16.3. The Kier molecular flexibility index (Phi) is 12.5. The van der Waals surface area contributed by atoms with E-state index in [9.17, 15) is 47.8 Å². The van der Waals surface area contributed by atoms with E-state index in [0.29, 0.717) is 18.1 Å². The van der Waals surface area contributed by atoms with Gasteiger partial charge in [-0.05, 0) is 12.8 Å². The maximum Gasteiger partial charge on any atom is 0.490 e. The van der Waals surface area contributed by atoms with E-state index >= 15 is 0 Å². The number of unbranched alkanes of at least 4 members (excludes halogenated alkanes) is 1. The highest BCUT2D eigenvalue weighted by molar-refractivity contribution is 8.00. The predicted octanol–water partition coefficient (Wildman–Crippen LogP) is -0.616. The minimum Gasteiger partial charge on any atom is -0.390 e. The molecule has 1 aromatic rings. The van der Waals surface area contributed by atoms with Crippen LogP contribution in [0.3, 0.4) is 0 Å². The number of thioether (sulfide) groups is 1. The number of ether oxygens (including phenoxy) is 1. The van der Waals surface area contributed by atoms with Crippen molar-refractivity contribution in [2.75, 3.05) is 18.9 Å². The number of phosphoric acid groups is 3. The Bertz CT molecular complexity index is 1610. The first-order chi connectivity index (χ1) is 21.9. The summed E-state index contributed by atoms with van der Waals surface area (Å²) in [4.78, 5) is 86.6. The zero-order chi connectivity index (χ0) is 34.6. The number of carbonyl (C=O) groups excluding carboxylic acids is 2. The summed E-state index contributed by atoms with van der Waals surface area (Å²) in [5.41, 5.74) is -1.67. The molecule has 47 heavy (non-hydrogen) atoms. The molecule has 8 atom stereocenters. The van der Waals surface area contributed by atoms with E-state index in [4.69, 9.17) is 14.5 Å². The third-order valence-electron chi connectivity index (χ3n) is 7.12. The predicted molar refractivity (Wildman–Crippen MR) is 162 cm³/mol. The lowest BCUT2D eigenvalue weighted by Gasteiger charge is -2.19. The molecule has 3 amide bonds. The molecule has 1 aromatic heterocycles. The topological polar surface area (TPSA) is 314 Å². The van der Waals surface area contributed by atoms with Crippen molar-refractivity contribution in [1.82, 2.24) is 25.5 Å². The quantitative estimate of drug-likeness (QED) is 0.0578. The zero-order valence-electron chi connectivity index (χ0n) is 24.3. The SMILES string of the molecule is O=C(CCCC[C@@H]1SC[C@@H]2NC(=O)NC21)NC/C=C/c1cn([C@H]2C[C@H](O)[C@@H](COP(=O)(O)OP(=O)(O)OP(=O)(O)O)O2)c(=O)[nH]c1=O. The van der Waals surface area contributed by atoms with Gasteiger partial charge in [0.25, 0.3) is 5.56 Å². The highest BCUT2D eigenvalue weighted by Crippen LogP contribution is 2.66. The first kappa shape index (κ1) is 37.7. The summed E-state index contributed by atoms with van der Waals surface area (Å²) in [6.07, 6.45) is 2.34. The van der Waals surface area contributed by atoms with Crippen molar-refractivity contribution in [3.05, 3.63) is 38.7 Å². The largest absolute Gasteiger partial charge is 0.490 e. The van der Waals surface area contributed by atoms with Crippen LogP contribution in [0, 0.1) is 0 Å². The standard InChI is InChI=1S/C22H34N5O16P3S/c28-14-8-18(41-15(14)10-40-45(36,37)43-46(38,39)42-44(33,34)35)27-9-12(20(30)26-22(27)32)4-3-7-23-17(29)6-2-1-5-16-19-13(11-47-16)24-21(31)25-19/h3-4,9,13-16,18-19,28H,1-2,5-8,10-11H2,(H,23,29)(H,36,37)(H,38,39)(H2,24,25,31)(H,26,30,32)(H2,33,34,35)/b4-3+/t13-,14-,15+,16-,18+,19?/m0/s1. The van der Waals surface area contributed by atoms with Gasteiger partial charge in [-0.15, -0.1) is 0 Å². The van der Waals surface area contributed by atoms with Crippen molar-refractivity contribution in [1.29, 1.82) is 0 Å². The van der Waals surface area contributed by atoms with Crippen LogP contribution in [0.5, 0.6) is 0 Å². The van der Waals surface area contributed by atoms with Crippen LogP contribution in [0.2, 0.25) is 0 Å². The number of fused-ring (bicyclic) bond motifs is 1. The fourth-order valence-corrected chi connectivity index (χ4v) is 9.63. The number of nitrogens with one attached hydrogen (secondary N) is 4. The van der Waals surface area contributed by atoms with Crippen molar-refractivity contribution in [3.63, 3.8) is 0 Å². The van der Waals surface area contributed by atoms with Crippen molar-refractivity contribution < 1.29 is 65.8 Å². The molecule has 0 aromatic carbocycles. The monoisotopic (exact) mass is 749 g/mol. The summed E-state index contributed by atoms with van der Waals surface area (Å²) in [6.45, 7) is -0.860. The fourth-order valence-electron chi connectivity index (χ4n) is 5.06. The third kappa shape index (κ3) is 11.2. The van der Waals surface area contributed by atoms with Crippen LogP contribution in [-0.4, -0.2) is 94.6 Å². The maximum atomic E-state index is 12.4. The van der Waals surface area contributed by atoms with Crippen LogP contribution in [-0.2, 0) is 36.4 Å². The Balaban J connectivity index is 1.23. The van der Waals surface area contributed by atoms with E-state index in [1.165, 1.54) is 12.2 Å². The Labute approximate surface area is 269 Å². The molecule has 0 aliphatic carbocycles. The summed E-state index contributed by atoms with van der Waals surface area (Å²) in [6, 6.07) is 0.101. The third-order valence-corrected chi connectivity index (χ3v) is 12.4. The highest BCUT2D eigenvalue weighted by Gasteiger charge is 2.44. The number of carbonyl (C=O) groups is 2. The molecule has 3 saturated heterocycles. The van der Waals surface area contributed by atoms with Gasteiger partial charge in [-0.2, -0.15) is 20.4 Å². The van der Waals surface area contributed by atoms with Crippen LogP contribution in [0.15, 0.2) is 21.9 Å². The van der Waals surface area contributed by atoms with Crippen molar-refractivity contribution in [3.8, 4) is 0 Å². The number of aromatic amines is 1. The van der Waals surface area contributed by atoms with E-state index in [0.717, 1.165) is 29.4 Å². The van der Waals surface area contributed by atoms with Crippen LogP contribution in [0.1, 0.15) is 43.9 Å². The second kappa shape index (κ2) is 15.6. The zero-order valence-corrected chi connectivity index (χ0v) is 27.8. The molecule has 3 unspecified atom stereocenters. The molecule has 21 nitrogen and oxygen atoms in total. The van der Waals surface area contributed by atoms with Crippen LogP contribution >= 0.6 is 35.2 Å². The summed E-state index contributed by atoms with van der Waals surface area (Å²) in [7, 11) is -16.8. The molecular weight excluding hydrogens is 715 g/mol. The van der Waals surface area contributed by atoms with Gasteiger partial charge in [-0.1, -0.05) is 18.6 Å². The number of aliphatic hydroxyl groups is 1. The van der Waals surface area contributed by atoms with Crippen LogP contribution in [0.25, 0.3) is 6.08 Å². The number of aliphatic hydroxyl groups excluding tert-OH is 1. The summed E-state index contributed by atoms with van der Waals surface area (Å²) >= 11 is 1.80. The van der Waals surface area contributed by atoms with Gasteiger partial charge in [-0.25, -0.2) is 23.3 Å². The average molecular weight is 750 g/mol. The normalized spacial score (nSPS) is 28.4. The number of aromatic nitrogens is 2. The Morgan fingerprint density at radius 2 is 1.85 bits per heavy atom. The first-order valence-electron chi connectivity index (χ1n) is 14.0. The van der Waals surface area contributed by atoms with Crippen molar-refractivity contribution >= 4 is 53.2 Å². The second-order valence-electron chi connectivity index (χ2n) is 10.6. The minimum atomic E-state index is -5.75. The molecule has 3 fully saturated rings. The molecule has 0 spiro atoms. The molecular formula is C22H34N5O16P3S. The summed E-state index contributed by atoms with van der Waals surface area (Å²) in [5, 5.41) is 19.1. The molecule has 0 saturated carbocycles. The molecule has 264 valence electrons. The lowest BCUT2D eigenvalue weighted by molar-refractivity contribution is -0.121. The highest BCUT2D eigenvalue weighted by atomic mass is 32.2. The first-order valence-corrected chi connectivity index (χ1v) is 19.6. The van der Waals surface area contributed by atoms with Crippen LogP contribution < -0.4 is 27.2 Å². The Morgan fingerprint density at radius 1 is 1.11 bits per heavy atom. The molecule has 9 N–H and O–H groups in total. The van der Waals surface area contributed by atoms with Gasteiger partial charge < -0.3 is 45.4 Å². The van der Waals surface area contributed by atoms with E-state index in [-0.39, 0.29) is 42.6 Å². The van der Waals surface area contributed by atoms with Gasteiger partial charge in [-0.3, -0.25) is 23.7 Å². The molecule has 0 bridgehead atoms. The number of urea groups is 1. The van der Waals surface area contributed by atoms with Crippen molar-refractivity contribution in [2.45, 2.75) is 67.9 Å². The van der Waals surface area contributed by atoms with Gasteiger partial charge in [0.15, 0.2) is 0 Å². The number of phosphoric ester groups is 1. The lowest BCUT2D eigenvalue weighted by atomic mass is 10.0. The summed E-state index contributed by atoms with van der Waals surface area (Å²) in [5.74, 6) is 0.663. The Hall–Kier alpha value is -2.16. The van der Waals surface area contributed by atoms with Crippen LogP contribution in [0.4, 0.5) is 4.79 Å². The minimum absolute atomic E-state index is 0.00508. The van der Waals surface area contributed by atoms with E-state index in [2.05, 4.69) is 34.1 Å². The summed E-state index contributed by atoms with van der Waals surface area (Å²) < 4.78 is 52.3. The van der Waals surface area contributed by atoms with E-state index in [1.54, 1.807) is 11.8 Å². The van der Waals surface area contributed by atoms with Gasteiger partial charge in [0.2, 0.25) is 5.91 Å². The number of hydrogen-bond donors (Lipinski definition) is 9. The van der Waals surface area contributed by atoms with Gasteiger partial charge in [0.1, 0.15) is 12.3 Å². The molecule has 0 radical (unpaired) electrons. The molecule has 3 aliphatic rings. The lowest BCUT2D eigenvalue weighted by Crippen LogP contribution is -2.36. The van der Waals surface area contributed by atoms with Gasteiger partial charge in [0, 0.05) is 36.6 Å². The van der Waals surface area contributed by atoms with E-state index < -0.39 is 59.8 Å². The van der Waals surface area contributed by atoms with Gasteiger partial charge in [0.05, 0.1) is 30.4 Å². The number of hydrogen-bond acceptors (Lipinski definition) is 13. The fraction of sp³-hybridized carbons (Fsp3) is 0.636. The maximum absolute atomic E-state index is 12.4. The average Bonchev–Trinajstić information content (AvgIpc) is 3.60. The van der Waals surface area contributed by atoms with Crippen molar-refractivity contribution in [2.24, 2.45) is 0 Å². The number of amides is 3. The molecule has 4 rings (SSSR count). The van der Waals surface area contributed by atoms with Gasteiger partial charge >= 0.3 is 35.2 Å². The number of rotatable bonds is 16. The van der Waals surface area contributed by atoms with E-state index in [1.807, 2.05) is 0 Å². The molecule has 25 heteroatoms. The number of nitrogens with zero attached hydrogens (tertiary/aromatic N) is 1. The molecule has 4 heterocycles.